The number of rotatable bonds is 6. The number of carbonyl (C=O) groups excluding carboxylic acids is 1. The molecule has 1 aromatic carbocycles. The van der Waals surface area contributed by atoms with Crippen LogP contribution in [0.5, 0.6) is 5.75 Å². The first-order valence-corrected chi connectivity index (χ1v) is 8.78. The minimum absolute atomic E-state index is 0.0201. The molecule has 1 fully saturated rings. The van der Waals surface area contributed by atoms with E-state index in [1.54, 1.807) is 11.1 Å². The molecule has 6 nitrogen and oxygen atoms in total. The number of amides is 1. The van der Waals surface area contributed by atoms with Crippen LogP contribution in [0.1, 0.15) is 0 Å². The number of likely N-dealkylation sites (N-methyl/N-ethyl adjacent to an activating group) is 1. The van der Waals surface area contributed by atoms with Gasteiger partial charge in [-0.2, -0.15) is 0 Å². The highest BCUT2D eigenvalue weighted by Crippen LogP contribution is 2.20. The van der Waals surface area contributed by atoms with Crippen LogP contribution in [0, 0.1) is 0 Å². The Morgan fingerprint density at radius 3 is 3.00 bits per heavy atom. The van der Waals surface area contributed by atoms with Crippen LogP contribution in [-0.2, 0) is 9.53 Å². The summed E-state index contributed by atoms with van der Waals surface area (Å²) in [4.78, 5) is 20.8. The van der Waals surface area contributed by atoms with E-state index in [1.165, 1.54) is 11.3 Å². The van der Waals surface area contributed by atoms with E-state index < -0.39 is 0 Å². The highest BCUT2D eigenvalue weighted by molar-refractivity contribution is 7.13. The standard InChI is InChI=1S/C17H21N3O3S/c1-19-8-9-22-15(11-19)12-20(17-18-7-10-24-17)16(21)13-23-14-5-3-2-4-6-14/h2-7,10,15H,8-9,11-13H2,1H3/t15-/m0/s1. The number of benzene rings is 1. The second-order valence-corrected chi connectivity index (χ2v) is 6.55. The number of aromatic nitrogens is 1. The number of anilines is 1. The molecule has 0 aliphatic carbocycles. The van der Waals surface area contributed by atoms with Gasteiger partial charge in [0.2, 0.25) is 0 Å². The van der Waals surface area contributed by atoms with Gasteiger partial charge < -0.3 is 14.4 Å². The second-order valence-electron chi connectivity index (χ2n) is 5.68. The summed E-state index contributed by atoms with van der Waals surface area (Å²) in [5.41, 5.74) is 0. The lowest BCUT2D eigenvalue weighted by molar-refractivity contribution is -0.121. The molecule has 0 bridgehead atoms. The summed E-state index contributed by atoms with van der Waals surface area (Å²) in [5, 5.41) is 2.54. The Morgan fingerprint density at radius 1 is 1.46 bits per heavy atom. The van der Waals surface area contributed by atoms with Crippen molar-refractivity contribution in [2.45, 2.75) is 6.10 Å². The first kappa shape index (κ1) is 16.9. The zero-order valence-corrected chi connectivity index (χ0v) is 14.4. The first-order valence-electron chi connectivity index (χ1n) is 7.90. The third-order valence-electron chi connectivity index (χ3n) is 3.78. The van der Waals surface area contributed by atoms with Gasteiger partial charge in [0.05, 0.1) is 19.3 Å². The summed E-state index contributed by atoms with van der Waals surface area (Å²) >= 11 is 1.44. The fourth-order valence-corrected chi connectivity index (χ4v) is 3.23. The number of morpholine rings is 1. The fourth-order valence-electron chi connectivity index (χ4n) is 2.56. The van der Waals surface area contributed by atoms with Gasteiger partial charge >= 0.3 is 0 Å². The largest absolute Gasteiger partial charge is 0.484 e. The molecular formula is C17H21N3O3S. The number of ether oxygens (including phenoxy) is 2. The third kappa shape index (κ3) is 4.53. The maximum atomic E-state index is 12.7. The Hall–Kier alpha value is -1.96. The molecule has 24 heavy (non-hydrogen) atoms. The van der Waals surface area contributed by atoms with Crippen LogP contribution in [0.2, 0.25) is 0 Å². The van der Waals surface area contributed by atoms with Gasteiger partial charge in [-0.05, 0) is 19.2 Å². The molecule has 0 unspecified atom stereocenters. The molecule has 1 aromatic heterocycles. The number of nitrogens with zero attached hydrogens (tertiary/aromatic N) is 3. The van der Waals surface area contributed by atoms with E-state index in [9.17, 15) is 4.79 Å². The molecule has 7 heteroatoms. The smallest absolute Gasteiger partial charge is 0.266 e. The Bertz CT molecular complexity index is 636. The molecule has 3 rings (SSSR count). The summed E-state index contributed by atoms with van der Waals surface area (Å²) in [6, 6.07) is 9.34. The molecule has 0 saturated carbocycles. The molecule has 1 aliphatic rings. The SMILES string of the molecule is CN1CCO[C@H](CN(C(=O)COc2ccccc2)c2nccs2)C1. The van der Waals surface area contributed by atoms with Gasteiger partial charge in [-0.25, -0.2) is 4.98 Å². The zero-order chi connectivity index (χ0) is 16.8. The van der Waals surface area contributed by atoms with E-state index in [-0.39, 0.29) is 18.6 Å². The van der Waals surface area contributed by atoms with Crippen LogP contribution < -0.4 is 9.64 Å². The van der Waals surface area contributed by atoms with Crippen molar-refractivity contribution in [1.29, 1.82) is 0 Å². The highest BCUT2D eigenvalue weighted by atomic mass is 32.1. The van der Waals surface area contributed by atoms with Gasteiger partial charge in [0.25, 0.3) is 5.91 Å². The van der Waals surface area contributed by atoms with E-state index in [0.717, 1.165) is 13.1 Å². The second kappa shape index (κ2) is 8.23. The summed E-state index contributed by atoms with van der Waals surface area (Å²) in [5.74, 6) is 0.559. The van der Waals surface area contributed by atoms with Gasteiger partial charge in [-0.1, -0.05) is 18.2 Å². The number of thiazole rings is 1. The minimum Gasteiger partial charge on any atom is -0.484 e. The van der Waals surface area contributed by atoms with Gasteiger partial charge in [0.15, 0.2) is 11.7 Å². The van der Waals surface area contributed by atoms with E-state index in [0.29, 0.717) is 24.0 Å². The van der Waals surface area contributed by atoms with Gasteiger partial charge in [-0.3, -0.25) is 9.69 Å². The monoisotopic (exact) mass is 347 g/mol. The predicted molar refractivity (Wildman–Crippen MR) is 93.6 cm³/mol. The lowest BCUT2D eigenvalue weighted by Crippen LogP contribution is -2.48. The average molecular weight is 347 g/mol. The molecule has 1 saturated heterocycles. The number of carbonyl (C=O) groups is 1. The summed E-state index contributed by atoms with van der Waals surface area (Å²) in [7, 11) is 2.06. The van der Waals surface area contributed by atoms with Crippen LogP contribution in [-0.4, -0.2) is 61.8 Å². The quantitative estimate of drug-likeness (QED) is 0.799. The van der Waals surface area contributed by atoms with Crippen LogP contribution >= 0.6 is 11.3 Å². The van der Waals surface area contributed by atoms with E-state index in [2.05, 4.69) is 16.9 Å². The maximum absolute atomic E-state index is 12.7. The summed E-state index contributed by atoms with van der Waals surface area (Å²) < 4.78 is 11.4. The molecule has 0 N–H and O–H groups in total. The number of hydrogen-bond acceptors (Lipinski definition) is 6. The lowest BCUT2D eigenvalue weighted by Gasteiger charge is -2.33. The van der Waals surface area contributed by atoms with Crippen molar-refractivity contribution in [3.63, 3.8) is 0 Å². The molecule has 1 amide bonds. The number of para-hydroxylation sites is 1. The fraction of sp³-hybridized carbons (Fsp3) is 0.412. The predicted octanol–water partition coefficient (Wildman–Crippen LogP) is 1.89. The van der Waals surface area contributed by atoms with Crippen LogP contribution in [0.15, 0.2) is 41.9 Å². The molecule has 2 aromatic rings. The van der Waals surface area contributed by atoms with Crippen molar-refractivity contribution in [3.05, 3.63) is 41.9 Å². The topological polar surface area (TPSA) is 54.9 Å². The first-order chi connectivity index (χ1) is 11.7. The van der Waals surface area contributed by atoms with Gasteiger partial charge in [-0.15, -0.1) is 11.3 Å². The van der Waals surface area contributed by atoms with Gasteiger partial charge in [0, 0.05) is 24.7 Å². The van der Waals surface area contributed by atoms with Crippen molar-refractivity contribution in [3.8, 4) is 5.75 Å². The summed E-state index contributed by atoms with van der Waals surface area (Å²) in [6.07, 6.45) is 1.68. The van der Waals surface area contributed by atoms with Crippen molar-refractivity contribution in [2.24, 2.45) is 0 Å². The van der Waals surface area contributed by atoms with Crippen molar-refractivity contribution in [1.82, 2.24) is 9.88 Å². The van der Waals surface area contributed by atoms with E-state index in [1.807, 2.05) is 35.7 Å². The average Bonchev–Trinajstić information content (AvgIpc) is 3.13. The number of hydrogen-bond donors (Lipinski definition) is 0. The molecule has 0 radical (unpaired) electrons. The zero-order valence-electron chi connectivity index (χ0n) is 13.6. The van der Waals surface area contributed by atoms with Gasteiger partial charge in [0.1, 0.15) is 5.75 Å². The molecule has 2 heterocycles. The van der Waals surface area contributed by atoms with Crippen molar-refractivity contribution < 1.29 is 14.3 Å². The Morgan fingerprint density at radius 2 is 2.29 bits per heavy atom. The minimum atomic E-state index is -0.120. The molecule has 0 spiro atoms. The van der Waals surface area contributed by atoms with Crippen LogP contribution in [0.25, 0.3) is 0 Å². The molecular weight excluding hydrogens is 326 g/mol. The Balaban J connectivity index is 1.64. The van der Waals surface area contributed by atoms with E-state index >= 15 is 0 Å². The van der Waals surface area contributed by atoms with Crippen molar-refractivity contribution in [2.75, 3.05) is 44.8 Å². The molecule has 128 valence electrons. The summed E-state index contributed by atoms with van der Waals surface area (Å²) in [6.45, 7) is 2.86. The third-order valence-corrected chi connectivity index (χ3v) is 4.58. The lowest BCUT2D eigenvalue weighted by atomic mass is 10.2. The maximum Gasteiger partial charge on any atom is 0.266 e. The molecule has 1 aliphatic heterocycles. The Kier molecular flexibility index (Phi) is 5.79. The van der Waals surface area contributed by atoms with Crippen molar-refractivity contribution >= 4 is 22.4 Å². The van der Waals surface area contributed by atoms with E-state index in [4.69, 9.17) is 9.47 Å². The Labute approximate surface area is 145 Å². The molecule has 1 atom stereocenters. The van der Waals surface area contributed by atoms with Crippen LogP contribution in [0.4, 0.5) is 5.13 Å². The normalized spacial score (nSPS) is 18.3. The van der Waals surface area contributed by atoms with Crippen LogP contribution in [0.3, 0.4) is 0 Å². The highest BCUT2D eigenvalue weighted by Gasteiger charge is 2.26.